The first-order valence-electron chi connectivity index (χ1n) is 13.2. The lowest BCUT2D eigenvalue weighted by molar-refractivity contribution is -0.197. The molecule has 4 aliphatic rings. The second kappa shape index (κ2) is 8.35. The summed E-state index contributed by atoms with van der Waals surface area (Å²) in [6.07, 6.45) is 5.88. The molecule has 1 amide bonds. The molecule has 2 heterocycles. The van der Waals surface area contributed by atoms with Crippen LogP contribution in [0.3, 0.4) is 0 Å². The van der Waals surface area contributed by atoms with Gasteiger partial charge in [0.2, 0.25) is 5.91 Å². The van der Waals surface area contributed by atoms with Crippen molar-refractivity contribution in [3.8, 4) is 11.5 Å². The molecule has 2 fully saturated rings. The number of hydrogen-bond donors (Lipinski definition) is 2. The number of likely N-dealkylation sites (tertiary alicyclic amines) is 1. The number of benzene rings is 2. The molecule has 0 unspecified atom stereocenters. The minimum Gasteiger partial charge on any atom is -0.504 e. The topological polar surface area (TPSA) is 73.2 Å². The molecule has 36 heavy (non-hydrogen) atoms. The number of phenolic OH excluding ortho intramolecular Hbond substituents is 1. The first kappa shape index (κ1) is 23.6. The fraction of sp³-hybridized carbons (Fsp3) is 0.500. The van der Waals surface area contributed by atoms with E-state index in [0.29, 0.717) is 25.1 Å². The predicted molar refractivity (Wildman–Crippen MR) is 139 cm³/mol. The van der Waals surface area contributed by atoms with Crippen molar-refractivity contribution < 1.29 is 19.7 Å². The number of carbonyl (C=O) groups is 1. The van der Waals surface area contributed by atoms with Crippen LogP contribution in [0, 0.1) is 5.92 Å². The van der Waals surface area contributed by atoms with Crippen LogP contribution < -0.4 is 4.74 Å². The third-order valence-electron chi connectivity index (χ3n) is 9.16. The maximum Gasteiger partial charge on any atom is 0.246 e. The molecule has 1 saturated heterocycles. The van der Waals surface area contributed by atoms with E-state index in [1.165, 1.54) is 0 Å². The Morgan fingerprint density at radius 2 is 2.00 bits per heavy atom. The van der Waals surface area contributed by atoms with Crippen molar-refractivity contribution in [2.45, 2.75) is 68.7 Å². The SMILES string of the molecule is CC(C)CN(C(=O)C=Cc1ccccc1)[C@H]1CC[C@@]2(O)[C@H]3Cc4ccc(O)c5c4[C@@]2(CCN3C)[C@H]1O5. The number of carbonyl (C=O) groups excluding carboxylic acids is 1. The van der Waals surface area contributed by atoms with Crippen LogP contribution in [0.5, 0.6) is 11.5 Å². The molecule has 2 aliphatic carbocycles. The van der Waals surface area contributed by atoms with E-state index in [-0.39, 0.29) is 29.7 Å². The highest BCUT2D eigenvalue weighted by molar-refractivity contribution is 5.92. The molecule has 6 heteroatoms. The van der Waals surface area contributed by atoms with Crippen molar-refractivity contribution in [3.05, 3.63) is 65.2 Å². The summed E-state index contributed by atoms with van der Waals surface area (Å²) in [6.45, 7) is 5.70. The zero-order chi connectivity index (χ0) is 25.2. The Morgan fingerprint density at radius 1 is 1.22 bits per heavy atom. The Kier molecular flexibility index (Phi) is 5.47. The molecule has 2 bridgehead atoms. The van der Waals surface area contributed by atoms with Crippen LogP contribution in [0.2, 0.25) is 0 Å². The summed E-state index contributed by atoms with van der Waals surface area (Å²) >= 11 is 0. The van der Waals surface area contributed by atoms with Gasteiger partial charge >= 0.3 is 0 Å². The Balaban J connectivity index is 1.43. The number of ether oxygens (including phenoxy) is 1. The van der Waals surface area contributed by atoms with E-state index in [1.54, 1.807) is 12.1 Å². The summed E-state index contributed by atoms with van der Waals surface area (Å²) in [5.74, 6) is 0.884. The summed E-state index contributed by atoms with van der Waals surface area (Å²) < 4.78 is 6.65. The smallest absolute Gasteiger partial charge is 0.246 e. The quantitative estimate of drug-likeness (QED) is 0.628. The molecule has 1 spiro atoms. The highest BCUT2D eigenvalue weighted by Gasteiger charge is 2.73. The average Bonchev–Trinajstić information content (AvgIpc) is 3.22. The monoisotopic (exact) mass is 488 g/mol. The van der Waals surface area contributed by atoms with Gasteiger partial charge in [-0.1, -0.05) is 50.2 Å². The normalized spacial score (nSPS) is 32.4. The van der Waals surface area contributed by atoms with E-state index in [1.807, 2.05) is 47.4 Å². The summed E-state index contributed by atoms with van der Waals surface area (Å²) in [7, 11) is 2.10. The van der Waals surface area contributed by atoms with Gasteiger partial charge in [0.1, 0.15) is 6.10 Å². The molecule has 190 valence electrons. The molecular formula is C30H36N2O4. The summed E-state index contributed by atoms with van der Waals surface area (Å²) in [5.41, 5.74) is 1.53. The van der Waals surface area contributed by atoms with Gasteiger partial charge in [-0.2, -0.15) is 0 Å². The van der Waals surface area contributed by atoms with Crippen LogP contribution >= 0.6 is 0 Å². The number of phenols is 1. The first-order valence-corrected chi connectivity index (χ1v) is 13.2. The van der Waals surface area contributed by atoms with Crippen molar-refractivity contribution in [3.63, 3.8) is 0 Å². The van der Waals surface area contributed by atoms with Crippen LogP contribution in [0.15, 0.2) is 48.5 Å². The van der Waals surface area contributed by atoms with E-state index in [0.717, 1.165) is 36.1 Å². The fourth-order valence-electron chi connectivity index (χ4n) is 7.66. The Bertz CT molecular complexity index is 1210. The summed E-state index contributed by atoms with van der Waals surface area (Å²) in [4.78, 5) is 18.0. The van der Waals surface area contributed by atoms with E-state index >= 15 is 0 Å². The summed E-state index contributed by atoms with van der Waals surface area (Å²) in [5, 5.41) is 23.2. The average molecular weight is 489 g/mol. The molecule has 1 saturated carbocycles. The van der Waals surface area contributed by atoms with Crippen LogP contribution in [0.25, 0.3) is 6.08 Å². The molecule has 2 N–H and O–H groups in total. The standard InChI is InChI=1S/C30H36N2O4/c1-19(2)18-32(25(34)12-9-20-7-5-4-6-8-20)22-13-14-30(35)24-17-21-10-11-23(33)27-26(21)29(30,28(22)36-27)15-16-31(24)3/h4-12,19,22,24,28,33,35H,13-18H2,1-3H3/t22-,24+,28-,29-,30+/m0/s1. The molecule has 6 nitrogen and oxygen atoms in total. The van der Waals surface area contributed by atoms with Gasteiger partial charge in [-0.15, -0.1) is 0 Å². The third-order valence-corrected chi connectivity index (χ3v) is 9.16. The number of piperidine rings is 1. The van der Waals surface area contributed by atoms with E-state index in [2.05, 4.69) is 25.8 Å². The number of amides is 1. The maximum absolute atomic E-state index is 13.7. The van der Waals surface area contributed by atoms with Crippen molar-refractivity contribution in [2.24, 2.45) is 5.92 Å². The third kappa shape index (κ3) is 3.20. The number of nitrogens with zero attached hydrogens (tertiary/aromatic N) is 2. The van der Waals surface area contributed by atoms with Gasteiger partial charge in [-0.25, -0.2) is 0 Å². The van der Waals surface area contributed by atoms with Crippen molar-refractivity contribution in [2.75, 3.05) is 20.1 Å². The van der Waals surface area contributed by atoms with Gasteiger partial charge in [-0.3, -0.25) is 4.79 Å². The number of aliphatic hydroxyl groups is 1. The summed E-state index contributed by atoms with van der Waals surface area (Å²) in [6, 6.07) is 13.4. The zero-order valence-electron chi connectivity index (χ0n) is 21.4. The molecule has 2 aromatic carbocycles. The lowest BCUT2D eigenvalue weighted by Gasteiger charge is -2.64. The first-order chi connectivity index (χ1) is 17.3. The number of hydrogen-bond acceptors (Lipinski definition) is 5. The lowest BCUT2D eigenvalue weighted by Crippen LogP contribution is -2.78. The van der Waals surface area contributed by atoms with Gasteiger partial charge in [0.15, 0.2) is 11.5 Å². The van der Waals surface area contributed by atoms with Crippen molar-refractivity contribution >= 4 is 12.0 Å². The Hall–Kier alpha value is -2.83. The zero-order valence-corrected chi connectivity index (χ0v) is 21.4. The second-order valence-corrected chi connectivity index (χ2v) is 11.6. The number of rotatable bonds is 5. The lowest BCUT2D eigenvalue weighted by atomic mass is 9.48. The van der Waals surface area contributed by atoms with Gasteiger partial charge in [-0.05, 0) is 68.5 Å². The van der Waals surface area contributed by atoms with Gasteiger partial charge in [0.05, 0.1) is 17.1 Å². The minimum atomic E-state index is -0.959. The predicted octanol–water partition coefficient (Wildman–Crippen LogP) is 3.74. The van der Waals surface area contributed by atoms with Crippen LogP contribution in [0.4, 0.5) is 0 Å². The van der Waals surface area contributed by atoms with Gasteiger partial charge in [0.25, 0.3) is 0 Å². The second-order valence-electron chi connectivity index (χ2n) is 11.6. The largest absolute Gasteiger partial charge is 0.504 e. The highest BCUT2D eigenvalue weighted by atomic mass is 16.5. The van der Waals surface area contributed by atoms with Gasteiger partial charge in [0, 0.05) is 24.2 Å². The Labute approximate surface area is 213 Å². The van der Waals surface area contributed by atoms with E-state index in [9.17, 15) is 15.0 Å². The molecular weight excluding hydrogens is 452 g/mol. The van der Waals surface area contributed by atoms with Gasteiger partial charge < -0.3 is 24.7 Å². The minimum absolute atomic E-state index is 0.00600. The maximum atomic E-state index is 13.7. The van der Waals surface area contributed by atoms with Crippen molar-refractivity contribution in [1.29, 1.82) is 0 Å². The number of likely N-dealkylation sites (N-methyl/N-ethyl adjacent to an activating group) is 1. The van der Waals surface area contributed by atoms with Crippen LogP contribution in [-0.2, 0) is 16.6 Å². The molecule has 5 atom stereocenters. The molecule has 2 aliphatic heterocycles. The fourth-order valence-corrected chi connectivity index (χ4v) is 7.66. The molecule has 2 aromatic rings. The van der Waals surface area contributed by atoms with Crippen LogP contribution in [0.1, 0.15) is 49.8 Å². The Morgan fingerprint density at radius 3 is 2.75 bits per heavy atom. The van der Waals surface area contributed by atoms with E-state index < -0.39 is 17.1 Å². The van der Waals surface area contributed by atoms with Crippen LogP contribution in [-0.4, -0.2) is 69.8 Å². The highest BCUT2D eigenvalue weighted by Crippen LogP contribution is 2.65. The van der Waals surface area contributed by atoms with E-state index in [4.69, 9.17) is 4.74 Å². The molecule has 0 aromatic heterocycles. The number of aromatic hydroxyl groups is 1. The van der Waals surface area contributed by atoms with Crippen molar-refractivity contribution in [1.82, 2.24) is 9.80 Å². The molecule has 6 rings (SSSR count). The molecule has 0 radical (unpaired) electrons.